The zero-order valence-corrected chi connectivity index (χ0v) is 12.0. The third-order valence-electron chi connectivity index (χ3n) is 2.91. The fourth-order valence-electron chi connectivity index (χ4n) is 1.87. The molecule has 3 heterocycles. The summed E-state index contributed by atoms with van der Waals surface area (Å²) < 4.78 is 1.81. The molecular weight excluding hydrogens is 290 g/mol. The number of rotatable bonds is 3. The molecule has 0 unspecified atom stereocenters. The summed E-state index contributed by atoms with van der Waals surface area (Å²) >= 11 is 5.91. The molecule has 1 amide bonds. The first kappa shape index (κ1) is 13.5. The molecule has 3 rings (SSSR count). The summed E-state index contributed by atoms with van der Waals surface area (Å²) in [5.74, 6) is -0.280. The van der Waals surface area contributed by atoms with Gasteiger partial charge in [0.2, 0.25) is 0 Å². The lowest BCUT2D eigenvalue weighted by Gasteiger charge is -2.02. The normalized spacial score (nSPS) is 10.8. The van der Waals surface area contributed by atoms with E-state index in [1.807, 2.05) is 23.6 Å². The van der Waals surface area contributed by atoms with Crippen LogP contribution in [-0.2, 0) is 6.54 Å². The van der Waals surface area contributed by atoms with Crippen molar-refractivity contribution in [1.29, 1.82) is 0 Å². The highest BCUT2D eigenvalue weighted by molar-refractivity contribution is 6.30. The van der Waals surface area contributed by atoms with E-state index in [-0.39, 0.29) is 11.6 Å². The van der Waals surface area contributed by atoms with Crippen molar-refractivity contribution in [2.45, 2.75) is 13.5 Å². The van der Waals surface area contributed by atoms with Crippen molar-refractivity contribution in [1.82, 2.24) is 24.7 Å². The standard InChI is InChI=1S/C14H12ClN5O/c1-9-4-17-12(6-16-9)14(21)18-5-11-8-20-7-10(15)2-3-13(20)19-11/h2-4,6-8H,5H2,1H3,(H,18,21). The highest BCUT2D eigenvalue weighted by Gasteiger charge is 2.08. The van der Waals surface area contributed by atoms with Gasteiger partial charge in [-0.05, 0) is 19.1 Å². The van der Waals surface area contributed by atoms with Gasteiger partial charge in [-0.1, -0.05) is 11.6 Å². The van der Waals surface area contributed by atoms with Gasteiger partial charge in [0.05, 0.1) is 29.2 Å². The first-order valence-electron chi connectivity index (χ1n) is 6.32. The molecule has 21 heavy (non-hydrogen) atoms. The van der Waals surface area contributed by atoms with E-state index in [0.29, 0.717) is 11.6 Å². The smallest absolute Gasteiger partial charge is 0.271 e. The molecule has 0 saturated heterocycles. The maximum absolute atomic E-state index is 11.9. The number of carbonyl (C=O) groups excluding carboxylic acids is 1. The maximum atomic E-state index is 11.9. The summed E-state index contributed by atoms with van der Waals surface area (Å²) in [6, 6.07) is 3.59. The lowest BCUT2D eigenvalue weighted by Crippen LogP contribution is -2.24. The monoisotopic (exact) mass is 301 g/mol. The number of hydrogen-bond acceptors (Lipinski definition) is 4. The van der Waals surface area contributed by atoms with E-state index in [9.17, 15) is 4.79 Å². The van der Waals surface area contributed by atoms with Gasteiger partial charge < -0.3 is 9.72 Å². The molecule has 3 aromatic heterocycles. The Labute approximate surface area is 125 Å². The molecule has 6 nitrogen and oxygen atoms in total. The van der Waals surface area contributed by atoms with E-state index in [2.05, 4.69) is 20.3 Å². The molecule has 0 aromatic carbocycles. The number of imidazole rings is 1. The molecule has 106 valence electrons. The fourth-order valence-corrected chi connectivity index (χ4v) is 2.04. The Hall–Kier alpha value is -2.47. The van der Waals surface area contributed by atoms with E-state index in [1.165, 1.54) is 6.20 Å². The van der Waals surface area contributed by atoms with Crippen LogP contribution in [0.5, 0.6) is 0 Å². The first-order chi connectivity index (χ1) is 10.1. The van der Waals surface area contributed by atoms with Crippen LogP contribution in [0.3, 0.4) is 0 Å². The molecule has 0 aliphatic heterocycles. The molecule has 0 aliphatic carbocycles. The van der Waals surface area contributed by atoms with E-state index in [4.69, 9.17) is 11.6 Å². The summed E-state index contributed by atoms with van der Waals surface area (Å²) in [5, 5.41) is 3.39. The predicted molar refractivity (Wildman–Crippen MR) is 78.1 cm³/mol. The third kappa shape index (κ3) is 3.00. The van der Waals surface area contributed by atoms with Gasteiger partial charge in [-0.3, -0.25) is 9.78 Å². The molecule has 0 radical (unpaired) electrons. The van der Waals surface area contributed by atoms with E-state index < -0.39 is 0 Å². The first-order valence-corrected chi connectivity index (χ1v) is 6.69. The summed E-state index contributed by atoms with van der Waals surface area (Å²) in [6.07, 6.45) is 6.60. The number of aromatic nitrogens is 4. The molecular formula is C14H12ClN5O. The SMILES string of the molecule is Cc1cnc(C(=O)NCc2cn3cc(Cl)ccc3n2)cn1. The van der Waals surface area contributed by atoms with Gasteiger partial charge in [0.15, 0.2) is 0 Å². The van der Waals surface area contributed by atoms with Crippen LogP contribution < -0.4 is 5.32 Å². The zero-order valence-electron chi connectivity index (χ0n) is 11.2. The summed E-state index contributed by atoms with van der Waals surface area (Å²) in [4.78, 5) is 24.4. The number of nitrogens with zero attached hydrogens (tertiary/aromatic N) is 4. The zero-order chi connectivity index (χ0) is 14.8. The summed E-state index contributed by atoms with van der Waals surface area (Å²) in [6.45, 7) is 2.13. The Bertz CT molecular complexity index is 797. The number of nitrogens with one attached hydrogen (secondary N) is 1. The molecule has 0 saturated carbocycles. The number of amides is 1. The van der Waals surface area contributed by atoms with E-state index in [1.54, 1.807) is 18.5 Å². The van der Waals surface area contributed by atoms with Gasteiger partial charge in [-0.25, -0.2) is 9.97 Å². The highest BCUT2D eigenvalue weighted by Crippen LogP contribution is 2.11. The topological polar surface area (TPSA) is 72.2 Å². The van der Waals surface area contributed by atoms with Gasteiger partial charge in [-0.15, -0.1) is 0 Å². The second kappa shape index (κ2) is 5.49. The van der Waals surface area contributed by atoms with Gasteiger partial charge in [0.1, 0.15) is 11.3 Å². The van der Waals surface area contributed by atoms with Crippen LogP contribution in [0, 0.1) is 6.92 Å². The number of aryl methyl sites for hydroxylation is 1. The van der Waals surface area contributed by atoms with Crippen LogP contribution in [0.4, 0.5) is 0 Å². The predicted octanol–water partition coefficient (Wildman–Crippen LogP) is 2.02. The van der Waals surface area contributed by atoms with E-state index in [0.717, 1.165) is 17.0 Å². The minimum absolute atomic E-state index is 0.280. The van der Waals surface area contributed by atoms with Gasteiger partial charge in [0, 0.05) is 18.6 Å². The summed E-state index contributed by atoms with van der Waals surface area (Å²) in [5.41, 5.74) is 2.57. The van der Waals surface area contributed by atoms with Crippen LogP contribution in [0.15, 0.2) is 36.9 Å². The number of fused-ring (bicyclic) bond motifs is 1. The van der Waals surface area contributed by atoms with Crippen molar-refractivity contribution in [3.63, 3.8) is 0 Å². The minimum atomic E-state index is -0.280. The van der Waals surface area contributed by atoms with Gasteiger partial charge in [-0.2, -0.15) is 0 Å². The quantitative estimate of drug-likeness (QED) is 0.803. The van der Waals surface area contributed by atoms with Crippen LogP contribution >= 0.6 is 11.6 Å². The fraction of sp³-hybridized carbons (Fsp3) is 0.143. The van der Waals surface area contributed by atoms with E-state index >= 15 is 0 Å². The highest BCUT2D eigenvalue weighted by atomic mass is 35.5. The van der Waals surface area contributed by atoms with Crippen molar-refractivity contribution < 1.29 is 4.79 Å². The minimum Gasteiger partial charge on any atom is -0.345 e. The third-order valence-corrected chi connectivity index (χ3v) is 3.13. The van der Waals surface area contributed by atoms with Crippen LogP contribution in [-0.4, -0.2) is 25.3 Å². The number of pyridine rings is 1. The largest absolute Gasteiger partial charge is 0.345 e. The van der Waals surface area contributed by atoms with Gasteiger partial charge >= 0.3 is 0 Å². The molecule has 0 fully saturated rings. The second-order valence-electron chi connectivity index (χ2n) is 4.57. The molecule has 0 bridgehead atoms. The average molecular weight is 302 g/mol. The molecule has 0 atom stereocenters. The number of halogens is 1. The van der Waals surface area contributed by atoms with Crippen LogP contribution in [0.1, 0.15) is 21.9 Å². The van der Waals surface area contributed by atoms with Crippen LogP contribution in [0.2, 0.25) is 5.02 Å². The average Bonchev–Trinajstić information content (AvgIpc) is 2.87. The van der Waals surface area contributed by atoms with Crippen molar-refractivity contribution in [3.8, 4) is 0 Å². The van der Waals surface area contributed by atoms with Crippen molar-refractivity contribution >= 4 is 23.2 Å². The molecule has 7 heteroatoms. The molecule has 3 aromatic rings. The van der Waals surface area contributed by atoms with Gasteiger partial charge in [0.25, 0.3) is 5.91 Å². The van der Waals surface area contributed by atoms with Crippen molar-refractivity contribution in [2.24, 2.45) is 0 Å². The lowest BCUT2D eigenvalue weighted by molar-refractivity contribution is 0.0945. The summed E-state index contributed by atoms with van der Waals surface area (Å²) in [7, 11) is 0. The Morgan fingerprint density at radius 3 is 2.90 bits per heavy atom. The number of hydrogen-bond donors (Lipinski definition) is 1. The van der Waals surface area contributed by atoms with Crippen LogP contribution in [0.25, 0.3) is 5.65 Å². The second-order valence-corrected chi connectivity index (χ2v) is 5.01. The molecule has 0 aliphatic rings. The Balaban J connectivity index is 1.71. The van der Waals surface area contributed by atoms with Crippen molar-refractivity contribution in [3.05, 3.63) is 59.0 Å². The lowest BCUT2D eigenvalue weighted by atomic mass is 10.4. The number of carbonyl (C=O) groups is 1. The molecule has 1 N–H and O–H groups in total. The Morgan fingerprint density at radius 1 is 1.29 bits per heavy atom. The Kier molecular flexibility index (Phi) is 3.53. The van der Waals surface area contributed by atoms with Crippen molar-refractivity contribution in [2.75, 3.05) is 0 Å². The molecule has 0 spiro atoms. The Morgan fingerprint density at radius 2 is 2.14 bits per heavy atom. The maximum Gasteiger partial charge on any atom is 0.271 e.